The van der Waals surface area contributed by atoms with Gasteiger partial charge in [-0.1, -0.05) is 26.0 Å². The average molecular weight is 496 g/mol. The highest BCUT2D eigenvalue weighted by Crippen LogP contribution is 2.54. The molecule has 2 N–H and O–H groups in total. The number of methoxy groups -OCH3 is 4. The minimum Gasteiger partial charge on any atom is -0.497 e. The highest BCUT2D eigenvalue weighted by Gasteiger charge is 2.53. The van der Waals surface area contributed by atoms with Crippen molar-refractivity contribution < 1.29 is 28.4 Å². The summed E-state index contributed by atoms with van der Waals surface area (Å²) in [5, 5.41) is 16.3. The van der Waals surface area contributed by atoms with E-state index in [1.165, 1.54) is 12.1 Å². The monoisotopic (exact) mass is 495 g/mol. The van der Waals surface area contributed by atoms with Crippen LogP contribution in [0, 0.1) is 17.7 Å². The van der Waals surface area contributed by atoms with E-state index in [1.807, 2.05) is 50.2 Å². The molecule has 36 heavy (non-hydrogen) atoms. The molecular formula is C29H34FNO5. The molecule has 0 radical (unpaired) electrons. The Morgan fingerprint density at radius 2 is 1.14 bits per heavy atom. The summed E-state index contributed by atoms with van der Waals surface area (Å²) in [6.07, 6.45) is 0. The molecule has 0 aliphatic carbocycles. The summed E-state index contributed by atoms with van der Waals surface area (Å²) in [6.45, 7) is 3.99. The number of halogens is 1. The Kier molecular flexibility index (Phi) is 7.43. The first-order chi connectivity index (χ1) is 17.3. The summed E-state index contributed by atoms with van der Waals surface area (Å²) in [5.41, 5.74) is 1.02. The van der Waals surface area contributed by atoms with Gasteiger partial charge in [0, 0.05) is 35.0 Å². The Bertz CT molecular complexity index is 1130. The van der Waals surface area contributed by atoms with E-state index in [0.29, 0.717) is 28.6 Å². The van der Waals surface area contributed by atoms with Gasteiger partial charge in [0.05, 0.1) is 34.0 Å². The molecule has 7 heteroatoms. The van der Waals surface area contributed by atoms with Gasteiger partial charge in [-0.2, -0.15) is 0 Å². The number of ether oxygens (including phenoxy) is 4. The van der Waals surface area contributed by atoms with Gasteiger partial charge < -0.3 is 29.4 Å². The maximum absolute atomic E-state index is 13.9. The lowest BCUT2D eigenvalue weighted by Gasteiger charge is -2.52. The summed E-state index contributed by atoms with van der Waals surface area (Å²) < 4.78 is 36.3. The lowest BCUT2D eigenvalue weighted by molar-refractivity contribution is -0.118. The zero-order valence-corrected chi connectivity index (χ0v) is 21.5. The first-order valence-electron chi connectivity index (χ1n) is 12.0. The number of piperidine rings is 1. The number of hydrogen-bond acceptors (Lipinski definition) is 6. The first kappa shape index (κ1) is 25.8. The van der Waals surface area contributed by atoms with Crippen molar-refractivity contribution in [2.75, 3.05) is 28.4 Å². The van der Waals surface area contributed by atoms with Crippen LogP contribution in [0.25, 0.3) is 0 Å². The van der Waals surface area contributed by atoms with E-state index in [1.54, 1.807) is 40.6 Å². The molecule has 1 aliphatic heterocycles. The van der Waals surface area contributed by atoms with E-state index in [4.69, 9.17) is 18.9 Å². The molecule has 5 atom stereocenters. The van der Waals surface area contributed by atoms with Crippen LogP contribution in [0.1, 0.15) is 42.6 Å². The third-order valence-electron chi connectivity index (χ3n) is 7.60. The molecule has 1 unspecified atom stereocenters. The van der Waals surface area contributed by atoms with E-state index in [2.05, 4.69) is 5.32 Å². The third-order valence-corrected chi connectivity index (χ3v) is 7.60. The third kappa shape index (κ3) is 4.38. The van der Waals surface area contributed by atoms with E-state index in [9.17, 15) is 9.50 Å². The zero-order chi connectivity index (χ0) is 26.0. The second-order valence-corrected chi connectivity index (χ2v) is 9.25. The molecule has 4 rings (SSSR count). The predicted molar refractivity (Wildman–Crippen MR) is 136 cm³/mol. The van der Waals surface area contributed by atoms with E-state index in [0.717, 1.165) is 11.1 Å². The van der Waals surface area contributed by atoms with Crippen molar-refractivity contribution in [2.24, 2.45) is 11.8 Å². The van der Waals surface area contributed by atoms with Gasteiger partial charge in [0.15, 0.2) is 0 Å². The van der Waals surface area contributed by atoms with Crippen LogP contribution < -0.4 is 24.3 Å². The van der Waals surface area contributed by atoms with Gasteiger partial charge in [-0.15, -0.1) is 0 Å². The highest BCUT2D eigenvalue weighted by molar-refractivity contribution is 5.47. The molecule has 3 aromatic rings. The van der Waals surface area contributed by atoms with Crippen LogP contribution in [0.2, 0.25) is 0 Å². The number of benzene rings is 3. The molecule has 0 amide bonds. The van der Waals surface area contributed by atoms with Crippen LogP contribution in [-0.2, 0) is 5.60 Å². The van der Waals surface area contributed by atoms with Gasteiger partial charge >= 0.3 is 0 Å². The van der Waals surface area contributed by atoms with Crippen molar-refractivity contribution in [3.63, 3.8) is 0 Å². The van der Waals surface area contributed by atoms with Crippen molar-refractivity contribution in [1.29, 1.82) is 0 Å². The van der Waals surface area contributed by atoms with Crippen LogP contribution in [0.4, 0.5) is 4.39 Å². The minimum absolute atomic E-state index is 0.327. The summed E-state index contributed by atoms with van der Waals surface area (Å²) in [4.78, 5) is 0. The fourth-order valence-electron chi connectivity index (χ4n) is 5.53. The molecule has 1 heterocycles. The Hall–Kier alpha value is -3.29. The SMILES string of the molecule is COc1ccc(OC)c([C@H]2N[C@@H](c3cc(OC)ccc3OC)[C@H](C)C(O)(c3ccc(F)cc3)[C@H]2C)c1. The van der Waals surface area contributed by atoms with Crippen LogP contribution in [-0.4, -0.2) is 33.5 Å². The van der Waals surface area contributed by atoms with Crippen molar-refractivity contribution >= 4 is 0 Å². The largest absolute Gasteiger partial charge is 0.497 e. The molecule has 0 bridgehead atoms. The van der Waals surface area contributed by atoms with Crippen molar-refractivity contribution in [3.05, 3.63) is 83.2 Å². The number of aliphatic hydroxyl groups is 1. The summed E-state index contributed by atoms with van der Waals surface area (Å²) in [5.74, 6) is 1.70. The number of nitrogens with one attached hydrogen (secondary N) is 1. The molecule has 1 aliphatic rings. The molecule has 1 fully saturated rings. The number of rotatable bonds is 7. The maximum Gasteiger partial charge on any atom is 0.123 e. The van der Waals surface area contributed by atoms with Crippen LogP contribution in [0.15, 0.2) is 60.7 Å². The summed E-state index contributed by atoms with van der Waals surface area (Å²) >= 11 is 0. The Morgan fingerprint density at radius 1 is 0.694 bits per heavy atom. The van der Waals surface area contributed by atoms with Crippen LogP contribution in [0.3, 0.4) is 0 Å². The van der Waals surface area contributed by atoms with Gasteiger partial charge in [-0.05, 0) is 54.1 Å². The van der Waals surface area contributed by atoms with Crippen LogP contribution in [0.5, 0.6) is 23.0 Å². The van der Waals surface area contributed by atoms with Gasteiger partial charge in [0.25, 0.3) is 0 Å². The molecule has 192 valence electrons. The maximum atomic E-state index is 13.9. The lowest BCUT2D eigenvalue weighted by atomic mass is 9.63. The number of hydrogen-bond donors (Lipinski definition) is 2. The van der Waals surface area contributed by atoms with Gasteiger partial charge in [-0.3, -0.25) is 0 Å². The minimum atomic E-state index is -1.32. The van der Waals surface area contributed by atoms with Gasteiger partial charge in [0.2, 0.25) is 0 Å². The lowest BCUT2D eigenvalue weighted by Crippen LogP contribution is -2.55. The fourth-order valence-corrected chi connectivity index (χ4v) is 5.53. The predicted octanol–water partition coefficient (Wildman–Crippen LogP) is 5.41. The van der Waals surface area contributed by atoms with Gasteiger partial charge in [0.1, 0.15) is 28.8 Å². The molecule has 1 saturated heterocycles. The Morgan fingerprint density at radius 3 is 1.53 bits per heavy atom. The first-order valence-corrected chi connectivity index (χ1v) is 12.0. The topological polar surface area (TPSA) is 69.2 Å². The summed E-state index contributed by atoms with van der Waals surface area (Å²) in [6, 6.07) is 16.7. The van der Waals surface area contributed by atoms with E-state index >= 15 is 0 Å². The molecule has 0 spiro atoms. The smallest absolute Gasteiger partial charge is 0.123 e. The molecule has 3 aromatic carbocycles. The normalized spacial score (nSPS) is 25.8. The summed E-state index contributed by atoms with van der Waals surface area (Å²) in [7, 11) is 6.47. The Balaban J connectivity index is 1.94. The van der Waals surface area contributed by atoms with Gasteiger partial charge in [-0.25, -0.2) is 4.39 Å². The molecule has 6 nitrogen and oxygen atoms in total. The fraction of sp³-hybridized carbons (Fsp3) is 0.379. The second kappa shape index (κ2) is 10.4. The quantitative estimate of drug-likeness (QED) is 0.457. The molecule has 0 saturated carbocycles. The average Bonchev–Trinajstić information content (AvgIpc) is 2.91. The Labute approximate surface area is 212 Å². The van der Waals surface area contributed by atoms with Crippen molar-refractivity contribution in [2.45, 2.75) is 31.5 Å². The molecule has 0 aromatic heterocycles. The van der Waals surface area contributed by atoms with E-state index < -0.39 is 5.60 Å². The van der Waals surface area contributed by atoms with Crippen molar-refractivity contribution in [3.8, 4) is 23.0 Å². The standard InChI is InChI=1S/C29H34FNO5/c1-17-27(23-15-21(33-3)11-13-25(23)35-5)31-28(24-16-22(34-4)12-14-26(24)36-6)18(2)29(17,32)19-7-9-20(30)10-8-19/h7-18,27-28,31-32H,1-6H3/t17-,18-,27-,28+,29?/m0/s1. The second-order valence-electron chi connectivity index (χ2n) is 9.25. The molecular weight excluding hydrogens is 461 g/mol. The van der Waals surface area contributed by atoms with E-state index in [-0.39, 0.29) is 29.7 Å². The zero-order valence-electron chi connectivity index (χ0n) is 21.5. The van der Waals surface area contributed by atoms with Crippen LogP contribution >= 0.6 is 0 Å². The van der Waals surface area contributed by atoms with Crippen molar-refractivity contribution in [1.82, 2.24) is 5.32 Å². The highest BCUT2D eigenvalue weighted by atomic mass is 19.1.